The van der Waals surface area contributed by atoms with Gasteiger partial charge in [-0.2, -0.15) is 0 Å². The molecular weight excluding hydrogens is 405 g/mol. The number of benzene rings is 2. The fourth-order valence-electron chi connectivity index (χ4n) is 2.90. The molecule has 2 N–H and O–H groups in total. The summed E-state index contributed by atoms with van der Waals surface area (Å²) in [6.45, 7) is 4.08. The monoisotopic (exact) mass is 425 g/mol. The molecule has 0 aliphatic heterocycles. The summed E-state index contributed by atoms with van der Waals surface area (Å²) in [7, 11) is 0. The Morgan fingerprint density at radius 3 is 2.80 bits per heavy atom. The Labute approximate surface area is 177 Å². The van der Waals surface area contributed by atoms with Crippen LogP contribution in [0.4, 0.5) is 4.39 Å². The van der Waals surface area contributed by atoms with Crippen molar-refractivity contribution in [2.45, 2.75) is 31.4 Å². The number of ether oxygens (including phenoxy) is 1. The number of nitrogen functional groups attached to an aromatic ring is 1. The van der Waals surface area contributed by atoms with Crippen molar-refractivity contribution in [1.82, 2.24) is 19.9 Å². The molecule has 0 bridgehead atoms. The summed E-state index contributed by atoms with van der Waals surface area (Å²) in [5.41, 5.74) is 4.03. The normalized spacial score (nSPS) is 11.0. The van der Waals surface area contributed by atoms with E-state index in [1.165, 1.54) is 28.1 Å². The summed E-state index contributed by atoms with van der Waals surface area (Å²) in [4.78, 5) is 4.56. The smallest absolute Gasteiger partial charge is 0.226 e. The molecule has 0 atom stereocenters. The van der Waals surface area contributed by atoms with Gasteiger partial charge in [0.1, 0.15) is 12.9 Å². The number of thioether (sulfide) groups is 1. The minimum absolute atomic E-state index is 0.00576. The average molecular weight is 425 g/mol. The van der Waals surface area contributed by atoms with Crippen molar-refractivity contribution in [3.63, 3.8) is 0 Å². The number of hydrogen-bond acceptors (Lipinski definition) is 7. The van der Waals surface area contributed by atoms with Crippen LogP contribution in [0.2, 0.25) is 0 Å². The lowest BCUT2D eigenvalue weighted by molar-refractivity contribution is 0.277. The van der Waals surface area contributed by atoms with Gasteiger partial charge in [-0.25, -0.2) is 14.1 Å². The van der Waals surface area contributed by atoms with Crippen molar-refractivity contribution in [2.75, 3.05) is 5.84 Å². The number of rotatable bonds is 7. The predicted octanol–water partition coefficient (Wildman–Crippen LogP) is 4.27. The molecule has 0 spiro atoms. The van der Waals surface area contributed by atoms with Crippen molar-refractivity contribution in [2.24, 2.45) is 0 Å². The van der Waals surface area contributed by atoms with Crippen LogP contribution in [-0.4, -0.2) is 19.9 Å². The Balaban J connectivity index is 1.39. The quantitative estimate of drug-likeness (QED) is 0.349. The number of halogens is 1. The van der Waals surface area contributed by atoms with Gasteiger partial charge in [0.2, 0.25) is 11.0 Å². The molecule has 0 radical (unpaired) electrons. The van der Waals surface area contributed by atoms with Gasteiger partial charge in [-0.15, -0.1) is 10.2 Å². The minimum Gasteiger partial charge on any atom is -0.482 e. The zero-order chi connectivity index (χ0) is 21.1. The summed E-state index contributed by atoms with van der Waals surface area (Å²) >= 11 is 1.37. The van der Waals surface area contributed by atoms with Gasteiger partial charge in [0.25, 0.3) is 0 Å². The molecular formula is C21H20FN5O2S. The van der Waals surface area contributed by atoms with Gasteiger partial charge < -0.3 is 15.0 Å². The van der Waals surface area contributed by atoms with Gasteiger partial charge in [-0.3, -0.25) is 0 Å². The number of oxazole rings is 1. The van der Waals surface area contributed by atoms with Crippen LogP contribution in [-0.2, 0) is 12.4 Å². The molecule has 0 fully saturated rings. The maximum Gasteiger partial charge on any atom is 0.226 e. The second-order valence-corrected chi connectivity index (χ2v) is 7.68. The lowest BCUT2D eigenvalue weighted by Crippen LogP contribution is -2.16. The van der Waals surface area contributed by atoms with Crippen LogP contribution in [0, 0.1) is 19.7 Å². The minimum atomic E-state index is -0.444. The third-order valence-corrected chi connectivity index (χ3v) is 5.42. The van der Waals surface area contributed by atoms with Gasteiger partial charge >= 0.3 is 0 Å². The lowest BCUT2D eigenvalue weighted by atomic mass is 10.1. The molecule has 4 rings (SSSR count). The van der Waals surface area contributed by atoms with Crippen molar-refractivity contribution in [3.05, 3.63) is 77.2 Å². The molecule has 0 aliphatic carbocycles. The van der Waals surface area contributed by atoms with Crippen LogP contribution >= 0.6 is 11.8 Å². The SMILES string of the molecule is Cc1ccc(-c2nc(CSc3nnc(COc4ccccc4F)n3N)co2)c(C)c1. The Bertz CT molecular complexity index is 1170. The molecule has 9 heteroatoms. The molecule has 154 valence electrons. The molecule has 0 amide bonds. The van der Waals surface area contributed by atoms with Gasteiger partial charge in [0, 0.05) is 11.3 Å². The first-order chi connectivity index (χ1) is 14.5. The average Bonchev–Trinajstić information content (AvgIpc) is 3.33. The first kappa shape index (κ1) is 20.0. The highest BCUT2D eigenvalue weighted by Crippen LogP contribution is 2.26. The van der Waals surface area contributed by atoms with E-state index in [1.807, 2.05) is 26.0 Å². The number of aryl methyl sites for hydroxylation is 2. The molecule has 2 aromatic carbocycles. The molecule has 0 unspecified atom stereocenters. The summed E-state index contributed by atoms with van der Waals surface area (Å²) in [6, 6.07) is 12.3. The molecule has 7 nitrogen and oxygen atoms in total. The van der Waals surface area contributed by atoms with Crippen LogP contribution in [0.3, 0.4) is 0 Å². The Hall–Kier alpha value is -3.33. The van der Waals surface area contributed by atoms with Crippen molar-refractivity contribution < 1.29 is 13.5 Å². The van der Waals surface area contributed by atoms with E-state index in [-0.39, 0.29) is 12.4 Å². The highest BCUT2D eigenvalue weighted by atomic mass is 32.2. The third kappa shape index (κ3) is 4.30. The highest BCUT2D eigenvalue weighted by molar-refractivity contribution is 7.98. The fraction of sp³-hybridized carbons (Fsp3) is 0.190. The Morgan fingerprint density at radius 1 is 1.17 bits per heavy atom. The van der Waals surface area contributed by atoms with E-state index in [0.29, 0.717) is 22.6 Å². The van der Waals surface area contributed by atoms with Crippen LogP contribution in [0.15, 0.2) is 58.3 Å². The molecule has 0 saturated carbocycles. The maximum absolute atomic E-state index is 13.7. The van der Waals surface area contributed by atoms with Gasteiger partial charge in [-0.05, 0) is 37.6 Å². The van der Waals surface area contributed by atoms with Crippen molar-refractivity contribution >= 4 is 11.8 Å². The maximum atomic E-state index is 13.7. The zero-order valence-corrected chi connectivity index (χ0v) is 17.3. The molecule has 0 saturated heterocycles. The van der Waals surface area contributed by atoms with E-state index in [4.69, 9.17) is 15.0 Å². The Morgan fingerprint density at radius 2 is 2.00 bits per heavy atom. The highest BCUT2D eigenvalue weighted by Gasteiger charge is 2.14. The van der Waals surface area contributed by atoms with E-state index >= 15 is 0 Å². The van der Waals surface area contributed by atoms with Crippen LogP contribution in [0.1, 0.15) is 22.6 Å². The van der Waals surface area contributed by atoms with Crippen LogP contribution in [0.5, 0.6) is 5.75 Å². The number of aromatic nitrogens is 4. The van der Waals surface area contributed by atoms with E-state index in [0.717, 1.165) is 16.8 Å². The largest absolute Gasteiger partial charge is 0.482 e. The zero-order valence-electron chi connectivity index (χ0n) is 16.5. The second kappa shape index (κ2) is 8.58. The first-order valence-corrected chi connectivity index (χ1v) is 10.2. The van der Waals surface area contributed by atoms with E-state index in [1.54, 1.807) is 24.5 Å². The van der Waals surface area contributed by atoms with Gasteiger partial charge in [0.05, 0.1) is 5.69 Å². The van der Waals surface area contributed by atoms with E-state index in [9.17, 15) is 4.39 Å². The number of para-hydroxylation sites is 1. The second-order valence-electron chi connectivity index (χ2n) is 6.74. The molecule has 2 heterocycles. The van der Waals surface area contributed by atoms with E-state index < -0.39 is 5.82 Å². The van der Waals surface area contributed by atoms with E-state index in [2.05, 4.69) is 21.2 Å². The molecule has 0 aliphatic rings. The van der Waals surface area contributed by atoms with Crippen molar-refractivity contribution in [1.29, 1.82) is 0 Å². The predicted molar refractivity (Wildman–Crippen MR) is 112 cm³/mol. The molecule has 30 heavy (non-hydrogen) atoms. The number of hydrogen-bond donors (Lipinski definition) is 1. The van der Waals surface area contributed by atoms with Crippen LogP contribution < -0.4 is 10.6 Å². The summed E-state index contributed by atoms with van der Waals surface area (Å²) < 4.78 is 26.1. The fourth-order valence-corrected chi connectivity index (χ4v) is 3.65. The third-order valence-electron chi connectivity index (χ3n) is 4.44. The summed E-state index contributed by atoms with van der Waals surface area (Å²) in [6.07, 6.45) is 1.63. The van der Waals surface area contributed by atoms with Gasteiger partial charge in [-0.1, -0.05) is 41.6 Å². The van der Waals surface area contributed by atoms with Crippen molar-refractivity contribution in [3.8, 4) is 17.2 Å². The van der Waals surface area contributed by atoms with Gasteiger partial charge in [0.15, 0.2) is 17.4 Å². The molecule has 2 aromatic heterocycles. The summed E-state index contributed by atoms with van der Waals surface area (Å²) in [5.74, 6) is 7.22. The topological polar surface area (TPSA) is 92.0 Å². The number of nitrogens with two attached hydrogens (primary N) is 1. The lowest BCUT2D eigenvalue weighted by Gasteiger charge is -2.06. The standard InChI is InChI=1S/C21H20FN5O2S/c1-13-7-8-16(14(2)9-13)20-24-15(10-29-20)12-30-21-26-25-19(27(21)23)11-28-18-6-4-3-5-17(18)22/h3-10H,11-12,23H2,1-2H3. The summed E-state index contributed by atoms with van der Waals surface area (Å²) in [5, 5.41) is 8.59. The molecule has 4 aromatic rings. The Kier molecular flexibility index (Phi) is 5.71. The number of nitrogens with zero attached hydrogens (tertiary/aromatic N) is 4. The van der Waals surface area contributed by atoms with Crippen LogP contribution in [0.25, 0.3) is 11.5 Å². The first-order valence-electron chi connectivity index (χ1n) is 9.23.